The number of nitrogens with zero attached hydrogens (tertiary/aromatic N) is 1. The largest absolute Gasteiger partial charge is 0.496 e. The van der Waals surface area contributed by atoms with Crippen LogP contribution in [0.2, 0.25) is 0 Å². The minimum Gasteiger partial charge on any atom is -0.496 e. The van der Waals surface area contributed by atoms with Crippen LogP contribution in [-0.4, -0.2) is 58.9 Å². The van der Waals surface area contributed by atoms with Gasteiger partial charge in [0.15, 0.2) is 0 Å². The Morgan fingerprint density at radius 1 is 1.39 bits per heavy atom. The molecule has 1 saturated heterocycles. The fraction of sp³-hybridized carbons (Fsp3) is 0.600. The molecule has 0 aromatic heterocycles. The summed E-state index contributed by atoms with van der Waals surface area (Å²) in [5.74, 6) is 0.986. The van der Waals surface area contributed by atoms with Gasteiger partial charge in [-0.2, -0.15) is 0 Å². The van der Waals surface area contributed by atoms with Gasteiger partial charge in [-0.3, -0.25) is 4.90 Å². The first-order chi connectivity index (χ1) is 10.6. The molecule has 0 amide bonds. The van der Waals surface area contributed by atoms with Crippen molar-refractivity contribution in [1.29, 1.82) is 0 Å². The van der Waals surface area contributed by atoms with Crippen molar-refractivity contribution in [3.8, 4) is 5.75 Å². The highest BCUT2D eigenvalue weighted by Gasteiger charge is 2.25. The summed E-state index contributed by atoms with van der Waals surface area (Å²) in [4.78, 5) is 2.30. The first-order valence-electron chi connectivity index (χ1n) is 7.62. The number of piperazine rings is 1. The molecule has 1 fully saturated rings. The third-order valence-electron chi connectivity index (χ3n) is 3.95. The van der Waals surface area contributed by atoms with Gasteiger partial charge in [0.2, 0.25) is 10.0 Å². The molecule has 8 heteroatoms. The van der Waals surface area contributed by atoms with Crippen molar-refractivity contribution < 1.29 is 13.2 Å². The maximum atomic E-state index is 11.5. The highest BCUT2D eigenvalue weighted by molar-refractivity contribution is 7.89. The zero-order valence-corrected chi connectivity index (χ0v) is 15.3. The molecule has 1 atom stereocenters. The van der Waals surface area contributed by atoms with Crippen LogP contribution in [0.15, 0.2) is 24.3 Å². The molecule has 0 aliphatic carbocycles. The summed E-state index contributed by atoms with van der Waals surface area (Å²) in [5.41, 5.74) is 1.13. The SMILES string of the molecule is CCS(=O)(=O)NCCN1CCNCC1c1ccccc1OC.Cl. The van der Waals surface area contributed by atoms with Crippen LogP contribution in [0.1, 0.15) is 18.5 Å². The third kappa shape index (κ3) is 5.61. The van der Waals surface area contributed by atoms with Crippen molar-refractivity contribution >= 4 is 22.4 Å². The number of halogens is 1. The van der Waals surface area contributed by atoms with Crippen LogP contribution in [0, 0.1) is 0 Å². The van der Waals surface area contributed by atoms with E-state index in [1.54, 1.807) is 14.0 Å². The molecule has 1 aromatic carbocycles. The van der Waals surface area contributed by atoms with E-state index < -0.39 is 10.0 Å². The molecular formula is C15H26ClN3O3S. The number of benzene rings is 1. The zero-order valence-electron chi connectivity index (χ0n) is 13.6. The summed E-state index contributed by atoms with van der Waals surface area (Å²) in [5, 5.41) is 3.40. The summed E-state index contributed by atoms with van der Waals surface area (Å²) < 4.78 is 31.2. The van der Waals surface area contributed by atoms with E-state index in [2.05, 4.69) is 21.0 Å². The molecule has 1 aliphatic heterocycles. The quantitative estimate of drug-likeness (QED) is 0.756. The van der Waals surface area contributed by atoms with Gasteiger partial charge in [0.05, 0.1) is 18.9 Å². The minimum atomic E-state index is -3.13. The van der Waals surface area contributed by atoms with E-state index >= 15 is 0 Å². The summed E-state index contributed by atoms with van der Waals surface area (Å²) in [7, 11) is -1.46. The second-order valence-corrected chi connectivity index (χ2v) is 7.39. The lowest BCUT2D eigenvalue weighted by atomic mass is 10.0. The van der Waals surface area contributed by atoms with Crippen LogP contribution in [0.3, 0.4) is 0 Å². The molecule has 1 unspecified atom stereocenters. The lowest BCUT2D eigenvalue weighted by molar-refractivity contribution is 0.162. The number of ether oxygens (including phenoxy) is 1. The molecule has 2 rings (SSSR count). The number of nitrogens with one attached hydrogen (secondary N) is 2. The molecule has 0 bridgehead atoms. The Kier molecular flexibility index (Phi) is 8.28. The molecule has 1 aliphatic rings. The van der Waals surface area contributed by atoms with Crippen LogP contribution < -0.4 is 14.8 Å². The van der Waals surface area contributed by atoms with Crippen molar-refractivity contribution in [1.82, 2.24) is 14.9 Å². The lowest BCUT2D eigenvalue weighted by Crippen LogP contribution is -2.48. The first kappa shape index (κ1) is 20.2. The van der Waals surface area contributed by atoms with Gasteiger partial charge in [-0.15, -0.1) is 12.4 Å². The highest BCUT2D eigenvalue weighted by Crippen LogP contribution is 2.29. The van der Waals surface area contributed by atoms with E-state index in [1.807, 2.05) is 18.2 Å². The number of para-hydroxylation sites is 1. The fourth-order valence-electron chi connectivity index (χ4n) is 2.71. The molecule has 2 N–H and O–H groups in total. The molecule has 1 heterocycles. The zero-order chi connectivity index (χ0) is 16.0. The number of rotatable bonds is 7. The Bertz CT molecular complexity index is 583. The van der Waals surface area contributed by atoms with E-state index in [1.165, 1.54) is 0 Å². The molecule has 0 saturated carbocycles. The summed E-state index contributed by atoms with van der Waals surface area (Å²) in [6, 6.07) is 8.18. The standard InChI is InChI=1S/C15H25N3O3S.ClH/c1-3-22(19,20)17-9-11-18-10-8-16-12-14(18)13-6-4-5-7-15(13)21-2;/h4-7,14,16-17H,3,8-12H2,1-2H3;1H. The molecular weight excluding hydrogens is 338 g/mol. The van der Waals surface area contributed by atoms with Crippen LogP contribution in [0.5, 0.6) is 5.75 Å². The molecule has 0 radical (unpaired) electrons. The van der Waals surface area contributed by atoms with Gasteiger partial charge in [0, 0.05) is 38.3 Å². The van der Waals surface area contributed by atoms with E-state index in [0.717, 1.165) is 30.9 Å². The van der Waals surface area contributed by atoms with Crippen molar-refractivity contribution in [3.63, 3.8) is 0 Å². The summed E-state index contributed by atoms with van der Waals surface area (Å²) in [6.07, 6.45) is 0. The normalized spacial score (nSPS) is 19.1. The van der Waals surface area contributed by atoms with E-state index in [0.29, 0.717) is 13.1 Å². The first-order valence-corrected chi connectivity index (χ1v) is 9.27. The molecule has 0 spiro atoms. The monoisotopic (exact) mass is 363 g/mol. The molecule has 1 aromatic rings. The maximum Gasteiger partial charge on any atom is 0.211 e. The van der Waals surface area contributed by atoms with Gasteiger partial charge in [0.25, 0.3) is 0 Å². The Hall–Kier alpha value is -0.860. The van der Waals surface area contributed by atoms with Crippen LogP contribution in [0.4, 0.5) is 0 Å². The number of methoxy groups -OCH3 is 1. The third-order valence-corrected chi connectivity index (χ3v) is 5.36. The maximum absolute atomic E-state index is 11.5. The topological polar surface area (TPSA) is 70.7 Å². The van der Waals surface area contributed by atoms with Gasteiger partial charge in [-0.25, -0.2) is 13.1 Å². The van der Waals surface area contributed by atoms with Crippen LogP contribution in [0.25, 0.3) is 0 Å². The van der Waals surface area contributed by atoms with Crippen LogP contribution >= 0.6 is 12.4 Å². The second kappa shape index (κ2) is 9.44. The van der Waals surface area contributed by atoms with E-state index in [9.17, 15) is 8.42 Å². The van der Waals surface area contributed by atoms with Gasteiger partial charge in [-0.05, 0) is 13.0 Å². The van der Waals surface area contributed by atoms with Crippen LogP contribution in [-0.2, 0) is 10.0 Å². The lowest BCUT2D eigenvalue weighted by Gasteiger charge is -2.37. The Balaban J connectivity index is 0.00000264. The molecule has 23 heavy (non-hydrogen) atoms. The molecule has 6 nitrogen and oxygen atoms in total. The predicted octanol–water partition coefficient (Wildman–Crippen LogP) is 1.00. The van der Waals surface area contributed by atoms with Gasteiger partial charge < -0.3 is 10.1 Å². The highest BCUT2D eigenvalue weighted by atomic mass is 35.5. The average Bonchev–Trinajstić information content (AvgIpc) is 2.55. The Morgan fingerprint density at radius 2 is 2.13 bits per heavy atom. The predicted molar refractivity (Wildman–Crippen MR) is 94.9 cm³/mol. The van der Waals surface area contributed by atoms with Gasteiger partial charge >= 0.3 is 0 Å². The number of hydrogen-bond acceptors (Lipinski definition) is 5. The minimum absolute atomic E-state index is 0. The van der Waals surface area contributed by atoms with Crippen molar-refractivity contribution in [2.75, 3.05) is 45.6 Å². The number of sulfonamides is 1. The van der Waals surface area contributed by atoms with E-state index in [-0.39, 0.29) is 24.2 Å². The Labute approximate surface area is 145 Å². The van der Waals surface area contributed by atoms with Crippen molar-refractivity contribution in [3.05, 3.63) is 29.8 Å². The smallest absolute Gasteiger partial charge is 0.211 e. The fourth-order valence-corrected chi connectivity index (χ4v) is 3.32. The van der Waals surface area contributed by atoms with Crippen molar-refractivity contribution in [2.24, 2.45) is 0 Å². The Morgan fingerprint density at radius 3 is 2.83 bits per heavy atom. The van der Waals surface area contributed by atoms with Gasteiger partial charge in [0.1, 0.15) is 5.75 Å². The second-order valence-electron chi connectivity index (χ2n) is 5.30. The molecule has 132 valence electrons. The van der Waals surface area contributed by atoms with Gasteiger partial charge in [-0.1, -0.05) is 18.2 Å². The summed E-state index contributed by atoms with van der Waals surface area (Å²) >= 11 is 0. The number of hydrogen-bond donors (Lipinski definition) is 2. The average molecular weight is 364 g/mol. The van der Waals surface area contributed by atoms with Crippen molar-refractivity contribution in [2.45, 2.75) is 13.0 Å². The van der Waals surface area contributed by atoms with E-state index in [4.69, 9.17) is 4.74 Å². The summed E-state index contributed by atoms with van der Waals surface area (Å²) in [6.45, 7) is 5.39.